The smallest absolute Gasteiger partial charge is 0.307 e. The number of hydrogen-bond acceptors (Lipinski definition) is 4. The zero-order chi connectivity index (χ0) is 20.3. The molecule has 1 aliphatic rings. The van der Waals surface area contributed by atoms with Gasteiger partial charge in [-0.2, -0.15) is 0 Å². The van der Waals surface area contributed by atoms with Gasteiger partial charge in [-0.25, -0.2) is 4.98 Å². The van der Waals surface area contributed by atoms with Gasteiger partial charge in [-0.1, -0.05) is 51.0 Å². The van der Waals surface area contributed by atoms with Crippen molar-refractivity contribution < 1.29 is 14.7 Å². The number of aromatic nitrogens is 1. The number of thiazole rings is 1. The molecule has 1 amide bonds. The molecule has 3 rings (SSSR count). The van der Waals surface area contributed by atoms with Crippen LogP contribution in [0.1, 0.15) is 50.0 Å². The normalized spacial score (nSPS) is 19.6. The van der Waals surface area contributed by atoms with Crippen LogP contribution in [0.25, 0.3) is 11.3 Å². The molecule has 150 valence electrons. The molecule has 2 aromatic rings. The van der Waals surface area contributed by atoms with E-state index in [-0.39, 0.29) is 5.91 Å². The average molecular weight is 401 g/mol. The van der Waals surface area contributed by atoms with Gasteiger partial charge in [0.2, 0.25) is 5.91 Å². The van der Waals surface area contributed by atoms with E-state index in [1.807, 2.05) is 6.92 Å². The maximum Gasteiger partial charge on any atom is 0.307 e. The lowest BCUT2D eigenvalue weighted by Gasteiger charge is -2.26. The van der Waals surface area contributed by atoms with E-state index in [1.54, 1.807) is 0 Å². The van der Waals surface area contributed by atoms with Crippen molar-refractivity contribution in [3.05, 3.63) is 34.7 Å². The zero-order valence-electron chi connectivity index (χ0n) is 16.7. The molecule has 1 heterocycles. The molecule has 28 heavy (non-hydrogen) atoms. The third-order valence-electron chi connectivity index (χ3n) is 5.32. The van der Waals surface area contributed by atoms with Crippen molar-refractivity contribution in [3.63, 3.8) is 0 Å². The van der Waals surface area contributed by atoms with E-state index in [9.17, 15) is 14.7 Å². The third-order valence-corrected chi connectivity index (χ3v) is 6.20. The topological polar surface area (TPSA) is 79.3 Å². The Bertz CT molecular complexity index is 842. The van der Waals surface area contributed by atoms with Gasteiger partial charge in [0.1, 0.15) is 0 Å². The van der Waals surface area contributed by atoms with Crippen LogP contribution in [-0.4, -0.2) is 22.0 Å². The minimum absolute atomic E-state index is 0.223. The molecule has 2 N–H and O–H groups in total. The van der Waals surface area contributed by atoms with Crippen molar-refractivity contribution in [3.8, 4) is 11.3 Å². The van der Waals surface area contributed by atoms with E-state index in [0.29, 0.717) is 23.9 Å². The first-order chi connectivity index (χ1) is 13.3. The lowest BCUT2D eigenvalue weighted by molar-refractivity contribution is -0.147. The minimum Gasteiger partial charge on any atom is -0.481 e. The molecule has 1 aromatic heterocycles. The van der Waals surface area contributed by atoms with Crippen LogP contribution in [0.5, 0.6) is 0 Å². The number of nitrogens with zero attached hydrogens (tertiary/aromatic N) is 1. The van der Waals surface area contributed by atoms with Crippen LogP contribution >= 0.6 is 11.3 Å². The predicted molar refractivity (Wildman–Crippen MR) is 113 cm³/mol. The van der Waals surface area contributed by atoms with Crippen molar-refractivity contribution >= 4 is 28.3 Å². The molecule has 1 aliphatic carbocycles. The molecule has 0 radical (unpaired) electrons. The Kier molecular flexibility index (Phi) is 6.50. The molecule has 0 saturated heterocycles. The lowest BCUT2D eigenvalue weighted by atomic mass is 9.79. The Hall–Kier alpha value is -2.21. The van der Waals surface area contributed by atoms with Gasteiger partial charge in [0.25, 0.3) is 0 Å². The summed E-state index contributed by atoms with van der Waals surface area (Å²) in [6, 6.07) is 8.41. The second-order valence-corrected chi connectivity index (χ2v) is 9.25. The first-order valence-electron chi connectivity index (χ1n) is 9.95. The summed E-state index contributed by atoms with van der Waals surface area (Å²) in [5.74, 6) is -1.56. The summed E-state index contributed by atoms with van der Waals surface area (Å²) in [4.78, 5) is 29.8. The summed E-state index contributed by atoms with van der Waals surface area (Å²) in [6.45, 7) is 6.40. The van der Waals surface area contributed by atoms with Gasteiger partial charge in [0.05, 0.1) is 17.5 Å². The Morgan fingerprint density at radius 2 is 1.82 bits per heavy atom. The van der Waals surface area contributed by atoms with Crippen LogP contribution in [0.15, 0.2) is 24.3 Å². The van der Waals surface area contributed by atoms with Crippen molar-refractivity contribution in [1.82, 2.24) is 4.98 Å². The van der Waals surface area contributed by atoms with Gasteiger partial charge in [-0.05, 0) is 37.7 Å². The molecular weight excluding hydrogens is 372 g/mol. The summed E-state index contributed by atoms with van der Waals surface area (Å²) in [6.07, 6.45) is 4.00. The number of anilines is 1. The van der Waals surface area contributed by atoms with Crippen molar-refractivity contribution in [2.24, 2.45) is 17.8 Å². The Balaban J connectivity index is 1.73. The second-order valence-electron chi connectivity index (χ2n) is 8.04. The molecule has 2 unspecified atom stereocenters. The highest BCUT2D eigenvalue weighted by Gasteiger charge is 2.36. The van der Waals surface area contributed by atoms with Crippen LogP contribution in [0, 0.1) is 24.7 Å². The Morgan fingerprint density at radius 1 is 1.18 bits per heavy atom. The highest BCUT2D eigenvalue weighted by atomic mass is 32.1. The van der Waals surface area contributed by atoms with Crippen molar-refractivity contribution in [1.29, 1.82) is 0 Å². The fraction of sp³-hybridized carbons (Fsp3) is 0.500. The van der Waals surface area contributed by atoms with Crippen LogP contribution in [0.3, 0.4) is 0 Å². The highest BCUT2D eigenvalue weighted by Crippen LogP contribution is 2.34. The number of carbonyl (C=O) groups excluding carboxylic acids is 1. The van der Waals surface area contributed by atoms with Crippen LogP contribution in [-0.2, 0) is 16.0 Å². The number of carbonyl (C=O) groups is 2. The number of nitrogens with one attached hydrogen (secondary N) is 1. The number of benzene rings is 1. The molecule has 1 saturated carbocycles. The van der Waals surface area contributed by atoms with Crippen LogP contribution in [0.2, 0.25) is 0 Å². The molecule has 1 aromatic carbocycles. The van der Waals surface area contributed by atoms with Gasteiger partial charge in [-0.15, -0.1) is 11.3 Å². The number of amides is 1. The van der Waals surface area contributed by atoms with Gasteiger partial charge < -0.3 is 10.4 Å². The molecule has 0 aliphatic heterocycles. The summed E-state index contributed by atoms with van der Waals surface area (Å²) >= 11 is 1.44. The maximum atomic E-state index is 12.7. The Labute approximate surface area is 170 Å². The van der Waals surface area contributed by atoms with E-state index in [0.717, 1.165) is 35.4 Å². The van der Waals surface area contributed by atoms with Gasteiger partial charge in [0.15, 0.2) is 5.13 Å². The number of hydrogen-bond donors (Lipinski definition) is 2. The lowest BCUT2D eigenvalue weighted by Crippen LogP contribution is -2.36. The van der Waals surface area contributed by atoms with Gasteiger partial charge >= 0.3 is 5.97 Å². The largest absolute Gasteiger partial charge is 0.481 e. The minimum atomic E-state index is -0.877. The van der Waals surface area contributed by atoms with Crippen LogP contribution in [0.4, 0.5) is 5.13 Å². The molecule has 5 nitrogen and oxygen atoms in total. The fourth-order valence-corrected chi connectivity index (χ4v) is 4.76. The average Bonchev–Trinajstić information content (AvgIpc) is 3.02. The third kappa shape index (κ3) is 4.79. The fourth-order valence-electron chi connectivity index (χ4n) is 3.93. The van der Waals surface area contributed by atoms with Crippen molar-refractivity contribution in [2.45, 2.75) is 52.9 Å². The summed E-state index contributed by atoms with van der Waals surface area (Å²) in [5.41, 5.74) is 3.20. The van der Waals surface area contributed by atoms with E-state index >= 15 is 0 Å². The summed E-state index contributed by atoms with van der Waals surface area (Å²) in [7, 11) is 0. The number of aliphatic carboxylic acids is 1. The SMILES string of the molecule is Cc1sc(NC(=O)C2CCCCC2C(=O)O)nc1-c1ccc(CC(C)C)cc1. The van der Waals surface area contributed by atoms with E-state index < -0.39 is 17.8 Å². The molecule has 0 spiro atoms. The Morgan fingerprint density at radius 3 is 2.43 bits per heavy atom. The first kappa shape index (κ1) is 20.5. The van der Waals surface area contributed by atoms with Gasteiger partial charge in [-0.3, -0.25) is 9.59 Å². The van der Waals surface area contributed by atoms with E-state index in [4.69, 9.17) is 0 Å². The highest BCUT2D eigenvalue weighted by molar-refractivity contribution is 7.16. The molecule has 2 atom stereocenters. The van der Waals surface area contributed by atoms with E-state index in [2.05, 4.69) is 48.4 Å². The second kappa shape index (κ2) is 8.86. The monoisotopic (exact) mass is 400 g/mol. The number of carboxylic acid groups (broad SMARTS) is 1. The van der Waals surface area contributed by atoms with Gasteiger partial charge in [0, 0.05) is 10.4 Å². The van der Waals surface area contributed by atoms with Crippen molar-refractivity contribution in [2.75, 3.05) is 5.32 Å². The first-order valence-corrected chi connectivity index (χ1v) is 10.8. The van der Waals surface area contributed by atoms with Crippen LogP contribution < -0.4 is 5.32 Å². The predicted octanol–water partition coefficient (Wildman–Crippen LogP) is 5.15. The standard InChI is InChI=1S/C22H28N2O3S/c1-13(2)12-15-8-10-16(11-9-15)19-14(3)28-22(23-19)24-20(25)17-6-4-5-7-18(17)21(26)27/h8-11,13,17-18H,4-7,12H2,1-3H3,(H,26,27)(H,23,24,25). The maximum absolute atomic E-state index is 12.7. The molecule has 1 fully saturated rings. The molecular formula is C22H28N2O3S. The number of rotatable bonds is 6. The molecule has 0 bridgehead atoms. The summed E-state index contributed by atoms with van der Waals surface area (Å²) in [5, 5.41) is 12.8. The molecule has 6 heteroatoms. The van der Waals surface area contributed by atoms with E-state index in [1.165, 1.54) is 16.9 Å². The zero-order valence-corrected chi connectivity index (χ0v) is 17.5. The summed E-state index contributed by atoms with van der Waals surface area (Å²) < 4.78 is 0. The number of carboxylic acids is 1. The number of aryl methyl sites for hydroxylation is 1. The quantitative estimate of drug-likeness (QED) is 0.703.